The molecule has 1 saturated heterocycles. The number of nitrogens with one attached hydrogen (secondary N) is 1. The van der Waals surface area contributed by atoms with E-state index in [4.69, 9.17) is 23.8 Å². The Morgan fingerprint density at radius 2 is 1.92 bits per heavy atom. The van der Waals surface area contributed by atoms with E-state index in [0.29, 0.717) is 19.4 Å². The Balaban J connectivity index is 1.60. The highest BCUT2D eigenvalue weighted by Crippen LogP contribution is 2.35. The second-order valence-electron chi connectivity index (χ2n) is 5.14. The van der Waals surface area contributed by atoms with Gasteiger partial charge in [0.2, 0.25) is 5.13 Å². The quantitative estimate of drug-likeness (QED) is 0.482. The molecule has 2 heterocycles. The molecule has 0 spiro atoms. The van der Waals surface area contributed by atoms with Crippen LogP contribution in [0.15, 0.2) is 53.4 Å². The first kappa shape index (κ1) is 16.5. The number of para-hydroxylation sites is 1. The molecule has 25 heavy (non-hydrogen) atoms. The zero-order valence-corrected chi connectivity index (χ0v) is 15.8. The summed E-state index contributed by atoms with van der Waals surface area (Å²) in [7, 11) is 0. The van der Waals surface area contributed by atoms with Gasteiger partial charge in [-0.15, -0.1) is 0 Å². The maximum absolute atomic E-state index is 12.7. The minimum atomic E-state index is -0.214. The Morgan fingerprint density at radius 3 is 2.72 bits per heavy atom. The zero-order valence-electron chi connectivity index (χ0n) is 12.6. The third-order valence-corrected chi connectivity index (χ3v) is 6.07. The van der Waals surface area contributed by atoms with Gasteiger partial charge in [0.1, 0.15) is 0 Å². The van der Waals surface area contributed by atoms with Crippen molar-refractivity contribution in [1.82, 2.24) is 9.99 Å². The number of thioether (sulfide) groups is 1. The molecule has 1 N–H and O–H groups in total. The number of hydrogen-bond donors (Lipinski definition) is 1. The van der Waals surface area contributed by atoms with Gasteiger partial charge < -0.3 is 0 Å². The molecule has 1 aliphatic rings. The SMILES string of the molecule is O=C1/C(=C\c2ccccc2Cl)SC(=S)N1Nc1nc2ccccc2s1. The summed E-state index contributed by atoms with van der Waals surface area (Å²) in [6.07, 6.45) is 1.75. The lowest BCUT2D eigenvalue weighted by atomic mass is 10.2. The minimum Gasteiger partial charge on any atom is -0.266 e. The van der Waals surface area contributed by atoms with Crippen LogP contribution in [0.3, 0.4) is 0 Å². The number of amides is 1. The number of rotatable bonds is 3. The molecule has 0 saturated carbocycles. The second-order valence-corrected chi connectivity index (χ2v) is 8.25. The first-order chi connectivity index (χ1) is 12.1. The van der Waals surface area contributed by atoms with Crippen molar-refractivity contribution in [2.24, 2.45) is 0 Å². The molecule has 4 rings (SSSR count). The third kappa shape index (κ3) is 3.28. The molecule has 3 aromatic rings. The van der Waals surface area contributed by atoms with Crippen molar-refractivity contribution in [3.8, 4) is 0 Å². The van der Waals surface area contributed by atoms with Gasteiger partial charge in [0.25, 0.3) is 5.91 Å². The van der Waals surface area contributed by atoms with Crippen molar-refractivity contribution in [3.63, 3.8) is 0 Å². The molecule has 0 atom stereocenters. The molecule has 0 bridgehead atoms. The highest BCUT2D eigenvalue weighted by molar-refractivity contribution is 8.26. The Morgan fingerprint density at radius 1 is 1.16 bits per heavy atom. The summed E-state index contributed by atoms with van der Waals surface area (Å²) in [5.74, 6) is -0.214. The molecule has 1 amide bonds. The Kier molecular flexibility index (Phi) is 4.47. The number of hydrogen-bond acceptors (Lipinski definition) is 6. The normalized spacial score (nSPS) is 16.2. The van der Waals surface area contributed by atoms with Crippen molar-refractivity contribution in [3.05, 3.63) is 64.0 Å². The average Bonchev–Trinajstić information content (AvgIpc) is 3.13. The first-order valence-electron chi connectivity index (χ1n) is 7.26. The molecule has 0 unspecified atom stereocenters. The lowest BCUT2D eigenvalue weighted by molar-refractivity contribution is -0.121. The summed E-state index contributed by atoms with van der Waals surface area (Å²) in [4.78, 5) is 17.7. The number of benzene rings is 2. The average molecular weight is 404 g/mol. The van der Waals surface area contributed by atoms with E-state index in [1.807, 2.05) is 42.5 Å². The number of carbonyl (C=O) groups excluding carboxylic acids is 1. The maximum atomic E-state index is 12.7. The van der Waals surface area contributed by atoms with E-state index in [0.717, 1.165) is 15.8 Å². The summed E-state index contributed by atoms with van der Waals surface area (Å²) < 4.78 is 1.48. The fraction of sp³-hybridized carbons (Fsp3) is 0. The van der Waals surface area contributed by atoms with Gasteiger partial charge in [-0.2, -0.15) is 5.01 Å². The van der Waals surface area contributed by atoms with Crippen LogP contribution in [0.2, 0.25) is 5.02 Å². The number of thiazole rings is 1. The second kappa shape index (κ2) is 6.76. The zero-order chi connectivity index (χ0) is 17.4. The van der Waals surface area contributed by atoms with Gasteiger partial charge >= 0.3 is 0 Å². The number of aromatic nitrogens is 1. The summed E-state index contributed by atoms with van der Waals surface area (Å²) in [6.45, 7) is 0. The Hall–Kier alpha value is -1.93. The smallest absolute Gasteiger partial charge is 0.266 e. The lowest BCUT2D eigenvalue weighted by Crippen LogP contribution is -2.33. The monoisotopic (exact) mass is 403 g/mol. The Labute approximate surface area is 162 Å². The van der Waals surface area contributed by atoms with E-state index in [2.05, 4.69) is 10.4 Å². The van der Waals surface area contributed by atoms with E-state index in [9.17, 15) is 4.79 Å². The fourth-order valence-corrected chi connectivity index (χ4v) is 4.53. The molecule has 0 aliphatic carbocycles. The number of carbonyl (C=O) groups is 1. The van der Waals surface area contributed by atoms with E-state index >= 15 is 0 Å². The third-order valence-electron chi connectivity index (χ3n) is 3.49. The van der Waals surface area contributed by atoms with Crippen LogP contribution in [0.5, 0.6) is 0 Å². The van der Waals surface area contributed by atoms with Crippen molar-refractivity contribution < 1.29 is 4.79 Å². The molecule has 1 aliphatic heterocycles. The highest BCUT2D eigenvalue weighted by Gasteiger charge is 2.33. The van der Waals surface area contributed by atoms with Crippen molar-refractivity contribution in [2.75, 3.05) is 5.43 Å². The number of anilines is 1. The molecule has 124 valence electrons. The summed E-state index contributed by atoms with van der Waals surface area (Å²) in [6, 6.07) is 15.2. The van der Waals surface area contributed by atoms with Crippen molar-refractivity contribution >= 4 is 78.6 Å². The molecule has 1 aromatic heterocycles. The standard InChI is InChI=1S/C17H10ClN3OS3/c18-11-6-2-1-5-10(11)9-14-15(22)21(17(23)25-14)20-16-19-12-7-3-4-8-13(12)24-16/h1-9H,(H,19,20)/b14-9+. The van der Waals surface area contributed by atoms with Crippen LogP contribution in [0.4, 0.5) is 5.13 Å². The predicted octanol–water partition coefficient (Wildman–Crippen LogP) is 5.18. The van der Waals surface area contributed by atoms with Crippen LogP contribution in [0.25, 0.3) is 16.3 Å². The van der Waals surface area contributed by atoms with E-state index < -0.39 is 0 Å². The molecule has 0 radical (unpaired) electrons. The van der Waals surface area contributed by atoms with Crippen LogP contribution < -0.4 is 5.43 Å². The van der Waals surface area contributed by atoms with Gasteiger partial charge in [-0.1, -0.05) is 65.0 Å². The number of thiocarbonyl (C=S) groups is 1. The minimum absolute atomic E-state index is 0.214. The van der Waals surface area contributed by atoms with Crippen molar-refractivity contribution in [2.45, 2.75) is 0 Å². The highest BCUT2D eigenvalue weighted by atomic mass is 35.5. The van der Waals surface area contributed by atoms with E-state index in [-0.39, 0.29) is 5.91 Å². The lowest BCUT2D eigenvalue weighted by Gasteiger charge is -2.14. The summed E-state index contributed by atoms with van der Waals surface area (Å²) in [5, 5.41) is 2.56. The van der Waals surface area contributed by atoms with Crippen LogP contribution in [-0.2, 0) is 4.79 Å². The van der Waals surface area contributed by atoms with Gasteiger partial charge in [0, 0.05) is 5.02 Å². The van der Waals surface area contributed by atoms with Gasteiger partial charge in [-0.25, -0.2) is 4.98 Å². The Bertz CT molecular complexity index is 998. The van der Waals surface area contributed by atoms with Crippen LogP contribution in [0.1, 0.15) is 5.56 Å². The molecule has 2 aromatic carbocycles. The van der Waals surface area contributed by atoms with Crippen LogP contribution >= 0.6 is 46.9 Å². The molecule has 1 fully saturated rings. The molecular weight excluding hydrogens is 394 g/mol. The van der Waals surface area contributed by atoms with E-state index in [1.54, 1.807) is 12.1 Å². The van der Waals surface area contributed by atoms with Gasteiger partial charge in [-0.05, 0) is 42.1 Å². The topological polar surface area (TPSA) is 45.2 Å². The van der Waals surface area contributed by atoms with Crippen LogP contribution in [-0.4, -0.2) is 20.2 Å². The summed E-state index contributed by atoms with van der Waals surface area (Å²) in [5.41, 5.74) is 4.68. The molecular formula is C17H10ClN3OS3. The largest absolute Gasteiger partial charge is 0.285 e. The van der Waals surface area contributed by atoms with Gasteiger partial charge in [0.05, 0.1) is 15.1 Å². The number of fused-ring (bicyclic) bond motifs is 1. The molecule has 8 heteroatoms. The number of halogens is 1. The van der Waals surface area contributed by atoms with Gasteiger partial charge in [0.15, 0.2) is 4.32 Å². The van der Waals surface area contributed by atoms with Crippen LogP contribution in [0, 0.1) is 0 Å². The number of hydrazine groups is 1. The van der Waals surface area contributed by atoms with E-state index in [1.165, 1.54) is 28.1 Å². The fourth-order valence-electron chi connectivity index (χ4n) is 2.31. The number of nitrogens with zero attached hydrogens (tertiary/aromatic N) is 2. The first-order valence-corrected chi connectivity index (χ1v) is 9.68. The molecule has 4 nitrogen and oxygen atoms in total. The van der Waals surface area contributed by atoms with Crippen molar-refractivity contribution in [1.29, 1.82) is 0 Å². The maximum Gasteiger partial charge on any atom is 0.285 e. The summed E-state index contributed by atoms with van der Waals surface area (Å²) >= 11 is 14.2. The predicted molar refractivity (Wildman–Crippen MR) is 110 cm³/mol. The van der Waals surface area contributed by atoms with Gasteiger partial charge in [-0.3, -0.25) is 10.2 Å².